The van der Waals surface area contributed by atoms with Gasteiger partial charge in [-0.3, -0.25) is 4.99 Å². The van der Waals surface area contributed by atoms with Crippen LogP contribution in [-0.4, -0.2) is 26.5 Å². The molecule has 1 heterocycles. The third kappa shape index (κ3) is 3.27. The predicted octanol–water partition coefficient (Wildman–Crippen LogP) is 4.98. The van der Waals surface area contributed by atoms with Gasteiger partial charge >= 0.3 is 0 Å². The lowest BCUT2D eigenvalue weighted by atomic mass is 10.1. The Bertz CT molecular complexity index is 1220. The molecule has 0 aliphatic carbocycles. The van der Waals surface area contributed by atoms with Crippen LogP contribution >= 0.6 is 0 Å². The summed E-state index contributed by atoms with van der Waals surface area (Å²) in [5, 5.41) is 30.3. The lowest BCUT2D eigenvalue weighted by Crippen LogP contribution is -1.84. The van der Waals surface area contributed by atoms with Crippen molar-refractivity contribution >= 4 is 23.0 Å². The number of phenolic OH excluding ortho intramolecular Hbond substituents is 3. The summed E-state index contributed by atoms with van der Waals surface area (Å²) < 4.78 is 5.70. The van der Waals surface area contributed by atoms with E-state index in [0.29, 0.717) is 27.9 Å². The average molecular weight is 374 g/mol. The summed E-state index contributed by atoms with van der Waals surface area (Å²) in [4.78, 5) is 8.69. The number of aryl methyl sites for hydroxylation is 2. The molecule has 0 bridgehead atoms. The van der Waals surface area contributed by atoms with E-state index >= 15 is 0 Å². The second-order valence-corrected chi connectivity index (χ2v) is 6.67. The maximum Gasteiger partial charge on any atom is 0.231 e. The molecule has 0 unspecified atom stereocenters. The molecule has 0 aliphatic heterocycles. The van der Waals surface area contributed by atoms with Gasteiger partial charge in [-0.2, -0.15) is 0 Å². The van der Waals surface area contributed by atoms with Crippen LogP contribution in [0.1, 0.15) is 16.7 Å². The Morgan fingerprint density at radius 2 is 1.57 bits per heavy atom. The summed E-state index contributed by atoms with van der Waals surface area (Å²) in [5.74, 6) is 0.350. The van der Waals surface area contributed by atoms with Crippen molar-refractivity contribution in [3.8, 4) is 28.7 Å². The van der Waals surface area contributed by atoms with Crippen molar-refractivity contribution in [2.75, 3.05) is 0 Å². The summed E-state index contributed by atoms with van der Waals surface area (Å²) in [6, 6.07) is 13.4. The van der Waals surface area contributed by atoms with Gasteiger partial charge in [-0.05, 0) is 44.2 Å². The van der Waals surface area contributed by atoms with E-state index in [9.17, 15) is 15.3 Å². The average Bonchev–Trinajstić information content (AvgIpc) is 3.06. The van der Waals surface area contributed by atoms with E-state index < -0.39 is 0 Å². The normalized spacial score (nSPS) is 11.5. The minimum absolute atomic E-state index is 0.0644. The van der Waals surface area contributed by atoms with E-state index in [2.05, 4.69) is 9.98 Å². The van der Waals surface area contributed by atoms with Crippen molar-refractivity contribution in [1.29, 1.82) is 0 Å². The lowest BCUT2D eigenvalue weighted by Gasteiger charge is -2.01. The molecule has 0 amide bonds. The highest BCUT2D eigenvalue weighted by atomic mass is 16.4. The second-order valence-electron chi connectivity index (χ2n) is 6.67. The van der Waals surface area contributed by atoms with Crippen LogP contribution in [0.4, 0.5) is 5.69 Å². The molecule has 0 saturated heterocycles. The molecule has 4 rings (SSSR count). The zero-order valence-electron chi connectivity index (χ0n) is 15.3. The van der Waals surface area contributed by atoms with Crippen LogP contribution in [-0.2, 0) is 0 Å². The Morgan fingerprint density at radius 1 is 0.857 bits per heavy atom. The molecule has 6 nitrogen and oxygen atoms in total. The number of aliphatic imine (C=N–C) groups is 1. The van der Waals surface area contributed by atoms with E-state index in [0.717, 1.165) is 11.1 Å². The van der Waals surface area contributed by atoms with Crippen molar-refractivity contribution in [1.82, 2.24) is 4.98 Å². The molecule has 140 valence electrons. The molecular formula is C22H18N2O4. The molecule has 3 aromatic carbocycles. The monoisotopic (exact) mass is 374 g/mol. The number of aromatic hydroxyl groups is 3. The minimum atomic E-state index is -0.0768. The van der Waals surface area contributed by atoms with E-state index in [1.54, 1.807) is 42.5 Å². The van der Waals surface area contributed by atoms with Gasteiger partial charge in [-0.1, -0.05) is 23.3 Å². The van der Waals surface area contributed by atoms with Gasteiger partial charge in [0.1, 0.15) is 28.5 Å². The van der Waals surface area contributed by atoms with Crippen molar-refractivity contribution in [2.45, 2.75) is 13.8 Å². The van der Waals surface area contributed by atoms with Crippen LogP contribution in [0.5, 0.6) is 17.2 Å². The Balaban J connectivity index is 1.75. The van der Waals surface area contributed by atoms with Crippen molar-refractivity contribution in [3.63, 3.8) is 0 Å². The number of aromatic nitrogens is 1. The number of phenols is 3. The summed E-state index contributed by atoms with van der Waals surface area (Å²) in [7, 11) is 0. The minimum Gasteiger partial charge on any atom is -0.507 e. The quantitative estimate of drug-likeness (QED) is 0.439. The van der Waals surface area contributed by atoms with Crippen LogP contribution in [0.3, 0.4) is 0 Å². The molecule has 0 fully saturated rings. The summed E-state index contributed by atoms with van der Waals surface area (Å²) in [6.45, 7) is 3.82. The van der Waals surface area contributed by atoms with Crippen molar-refractivity contribution in [3.05, 3.63) is 65.2 Å². The molecule has 3 N–H and O–H groups in total. The summed E-state index contributed by atoms with van der Waals surface area (Å²) >= 11 is 0. The van der Waals surface area contributed by atoms with E-state index in [1.165, 1.54) is 12.3 Å². The maximum absolute atomic E-state index is 10.3. The van der Waals surface area contributed by atoms with Gasteiger partial charge in [0.2, 0.25) is 5.89 Å². The number of nitrogens with zero attached hydrogens (tertiary/aromatic N) is 2. The highest BCUT2D eigenvalue weighted by Crippen LogP contribution is 2.36. The zero-order chi connectivity index (χ0) is 19.8. The standard InChI is InChI=1S/C22H18N2O4/c1-12-3-5-18(25)14(7-12)11-23-16-9-17-21(10-20(16)27)28-22(24-17)15-8-13(2)4-6-19(15)26/h3-11,25-27H,1-2H3. The van der Waals surface area contributed by atoms with E-state index in [4.69, 9.17) is 4.42 Å². The SMILES string of the molecule is Cc1ccc(O)c(C=Nc2cc3nc(-c4cc(C)ccc4O)oc3cc2O)c1. The number of fused-ring (bicyclic) bond motifs is 1. The van der Waals surface area contributed by atoms with Gasteiger partial charge in [-0.25, -0.2) is 4.98 Å². The first-order valence-corrected chi connectivity index (χ1v) is 8.68. The van der Waals surface area contributed by atoms with Gasteiger partial charge in [-0.15, -0.1) is 0 Å². The van der Waals surface area contributed by atoms with Crippen LogP contribution in [0, 0.1) is 13.8 Å². The van der Waals surface area contributed by atoms with Crippen LogP contribution in [0.25, 0.3) is 22.6 Å². The van der Waals surface area contributed by atoms with E-state index in [-0.39, 0.29) is 23.1 Å². The molecule has 0 radical (unpaired) electrons. The number of hydrogen-bond acceptors (Lipinski definition) is 6. The topological polar surface area (TPSA) is 99.1 Å². The lowest BCUT2D eigenvalue weighted by molar-refractivity contribution is 0.472. The van der Waals surface area contributed by atoms with Gasteiger partial charge < -0.3 is 19.7 Å². The number of hydrogen-bond donors (Lipinski definition) is 3. The molecular weight excluding hydrogens is 356 g/mol. The third-order valence-electron chi connectivity index (χ3n) is 4.39. The first-order chi connectivity index (χ1) is 13.4. The molecule has 28 heavy (non-hydrogen) atoms. The molecule has 0 atom stereocenters. The Morgan fingerprint density at radius 3 is 2.36 bits per heavy atom. The Hall–Kier alpha value is -3.80. The summed E-state index contributed by atoms with van der Waals surface area (Å²) in [5.41, 5.74) is 4.14. The molecule has 0 spiro atoms. The number of oxazole rings is 1. The molecule has 6 heteroatoms. The molecule has 0 saturated carbocycles. The molecule has 0 aliphatic rings. The van der Waals surface area contributed by atoms with Crippen LogP contribution in [0.2, 0.25) is 0 Å². The maximum atomic E-state index is 10.3. The van der Waals surface area contributed by atoms with Crippen LogP contribution in [0.15, 0.2) is 57.9 Å². The fourth-order valence-corrected chi connectivity index (χ4v) is 2.91. The first-order valence-electron chi connectivity index (χ1n) is 8.68. The van der Waals surface area contributed by atoms with Crippen molar-refractivity contribution < 1.29 is 19.7 Å². The second kappa shape index (κ2) is 6.74. The van der Waals surface area contributed by atoms with Crippen LogP contribution < -0.4 is 0 Å². The Labute approximate surface area is 161 Å². The number of rotatable bonds is 3. The molecule has 1 aromatic heterocycles. The predicted molar refractivity (Wildman–Crippen MR) is 108 cm³/mol. The Kier molecular flexibility index (Phi) is 4.24. The zero-order valence-corrected chi connectivity index (χ0v) is 15.3. The number of benzene rings is 3. The largest absolute Gasteiger partial charge is 0.507 e. The fourth-order valence-electron chi connectivity index (χ4n) is 2.91. The third-order valence-corrected chi connectivity index (χ3v) is 4.39. The molecule has 4 aromatic rings. The highest BCUT2D eigenvalue weighted by molar-refractivity contribution is 5.89. The van der Waals surface area contributed by atoms with Gasteiger partial charge in [0, 0.05) is 17.8 Å². The van der Waals surface area contributed by atoms with Gasteiger partial charge in [0.25, 0.3) is 0 Å². The summed E-state index contributed by atoms with van der Waals surface area (Å²) in [6.07, 6.45) is 1.48. The fraction of sp³-hybridized carbons (Fsp3) is 0.0909. The highest BCUT2D eigenvalue weighted by Gasteiger charge is 2.14. The van der Waals surface area contributed by atoms with Gasteiger partial charge in [0.15, 0.2) is 5.58 Å². The smallest absolute Gasteiger partial charge is 0.231 e. The first kappa shape index (κ1) is 17.6. The van der Waals surface area contributed by atoms with Crippen molar-refractivity contribution in [2.24, 2.45) is 4.99 Å². The van der Waals surface area contributed by atoms with E-state index in [1.807, 2.05) is 13.8 Å². The van der Waals surface area contributed by atoms with Gasteiger partial charge in [0.05, 0.1) is 5.56 Å².